The number of nitrogens with zero attached hydrogens (tertiary/aromatic N) is 4. The number of aliphatic hydroxyl groups excluding tert-OH is 1. The molecule has 2 fully saturated rings. The fraction of sp³-hybridized carbons (Fsp3) is 0.481. The van der Waals surface area contributed by atoms with E-state index < -0.39 is 6.09 Å². The number of halogens is 3. The van der Waals surface area contributed by atoms with E-state index in [1.54, 1.807) is 36.2 Å². The highest BCUT2D eigenvalue weighted by Gasteiger charge is 2.39. The summed E-state index contributed by atoms with van der Waals surface area (Å²) in [4.78, 5) is 32.1. The Hall–Kier alpha value is -2.05. The van der Waals surface area contributed by atoms with Crippen molar-refractivity contribution in [3.63, 3.8) is 0 Å². The van der Waals surface area contributed by atoms with Gasteiger partial charge < -0.3 is 24.9 Å². The summed E-state index contributed by atoms with van der Waals surface area (Å²) in [7, 11) is 1.79. The van der Waals surface area contributed by atoms with Crippen molar-refractivity contribution in [3.05, 3.63) is 68.4 Å². The van der Waals surface area contributed by atoms with Crippen molar-refractivity contribution >= 4 is 43.9 Å². The van der Waals surface area contributed by atoms with E-state index in [9.17, 15) is 24.2 Å². The number of rotatable bonds is 9. The summed E-state index contributed by atoms with van der Waals surface area (Å²) in [6.45, 7) is 4.33. The van der Waals surface area contributed by atoms with Crippen molar-refractivity contribution in [2.24, 2.45) is 0 Å². The lowest BCUT2D eigenvalue weighted by atomic mass is 9.93. The third-order valence-corrected chi connectivity index (χ3v) is 8.42. The predicted octanol–water partition coefficient (Wildman–Crippen LogP) is 3.94. The van der Waals surface area contributed by atoms with Gasteiger partial charge in [0.2, 0.25) is 0 Å². The molecule has 2 atom stereocenters. The highest BCUT2D eigenvalue weighted by molar-refractivity contribution is 9.11. The second-order valence-electron chi connectivity index (χ2n) is 10.1. The molecular weight excluding hydrogens is 623 g/mol. The number of hydrogen-bond acceptors (Lipinski definition) is 5. The lowest BCUT2D eigenvalue weighted by Gasteiger charge is -2.51. The van der Waals surface area contributed by atoms with Crippen molar-refractivity contribution in [3.8, 4) is 0 Å². The Balaban J connectivity index is 1.36. The molecule has 2 saturated heterocycles. The van der Waals surface area contributed by atoms with E-state index in [4.69, 9.17) is 0 Å². The van der Waals surface area contributed by atoms with Crippen LogP contribution in [0.4, 0.5) is 9.18 Å². The largest absolute Gasteiger partial charge is 0.465 e. The molecule has 2 amide bonds. The summed E-state index contributed by atoms with van der Waals surface area (Å²) >= 11 is 6.89. The van der Waals surface area contributed by atoms with Crippen LogP contribution in [-0.4, -0.2) is 113 Å². The van der Waals surface area contributed by atoms with Gasteiger partial charge in [-0.1, -0.05) is 44.0 Å². The first-order chi connectivity index (χ1) is 18.1. The molecular formula is C27H33Br2FN4O4. The van der Waals surface area contributed by atoms with Crippen molar-refractivity contribution < 1.29 is 24.2 Å². The topological polar surface area (TPSA) is 87.6 Å². The van der Waals surface area contributed by atoms with E-state index in [2.05, 4.69) is 41.7 Å². The normalized spacial score (nSPS) is 19.7. The van der Waals surface area contributed by atoms with Crippen LogP contribution in [0.2, 0.25) is 0 Å². The van der Waals surface area contributed by atoms with E-state index in [1.165, 1.54) is 17.0 Å². The first kappa shape index (κ1) is 28.9. The average Bonchev–Trinajstić information content (AvgIpc) is 2.86. The zero-order valence-corrected chi connectivity index (χ0v) is 24.4. The first-order valence-electron chi connectivity index (χ1n) is 12.7. The average molecular weight is 656 g/mol. The number of likely N-dealkylation sites (N-methyl/N-ethyl adjacent to an activating group) is 1. The smallest absolute Gasteiger partial charge is 0.407 e. The van der Waals surface area contributed by atoms with Crippen LogP contribution in [0, 0.1) is 5.82 Å². The SMILES string of the molecule is CN(CC(CCN1CC(N2CCN(C(=O)O)CC2CO)C1)c1ccc(F)cc1)C(=O)c1cc(Br)cc(Br)c1. The molecule has 2 unspecified atom stereocenters. The van der Waals surface area contributed by atoms with Gasteiger partial charge in [0.15, 0.2) is 0 Å². The van der Waals surface area contributed by atoms with E-state index in [0.29, 0.717) is 31.7 Å². The molecule has 2 aromatic rings. The lowest BCUT2D eigenvalue weighted by Crippen LogP contribution is -2.67. The minimum Gasteiger partial charge on any atom is -0.465 e. The van der Waals surface area contributed by atoms with E-state index >= 15 is 0 Å². The Morgan fingerprint density at radius 3 is 2.34 bits per heavy atom. The molecule has 2 N–H and O–H groups in total. The molecule has 4 rings (SSSR count). The van der Waals surface area contributed by atoms with Gasteiger partial charge >= 0.3 is 6.09 Å². The Labute approximate surface area is 239 Å². The second kappa shape index (κ2) is 12.9. The van der Waals surface area contributed by atoms with Crippen LogP contribution >= 0.6 is 31.9 Å². The monoisotopic (exact) mass is 654 g/mol. The Kier molecular flexibility index (Phi) is 9.80. The van der Waals surface area contributed by atoms with Gasteiger partial charge in [-0.05, 0) is 48.9 Å². The van der Waals surface area contributed by atoms with Crippen LogP contribution in [0.15, 0.2) is 51.4 Å². The third kappa shape index (κ3) is 7.12. The van der Waals surface area contributed by atoms with E-state index in [1.807, 2.05) is 6.07 Å². The fourth-order valence-electron chi connectivity index (χ4n) is 5.37. The lowest BCUT2D eigenvalue weighted by molar-refractivity contribution is -0.0400. The number of carbonyl (C=O) groups excluding carboxylic acids is 1. The molecule has 2 aliphatic rings. The van der Waals surface area contributed by atoms with Crippen molar-refractivity contribution in [2.75, 3.05) is 59.5 Å². The summed E-state index contributed by atoms with van der Waals surface area (Å²) in [6, 6.07) is 12.1. The van der Waals surface area contributed by atoms with Crippen molar-refractivity contribution in [1.29, 1.82) is 0 Å². The van der Waals surface area contributed by atoms with Gasteiger partial charge in [0.25, 0.3) is 5.91 Å². The molecule has 2 aromatic carbocycles. The Bertz CT molecular complexity index is 1110. The number of amides is 2. The number of piperazine rings is 1. The van der Waals surface area contributed by atoms with Gasteiger partial charge in [-0.2, -0.15) is 0 Å². The minimum absolute atomic E-state index is 0.0310. The fourth-order valence-corrected chi connectivity index (χ4v) is 6.66. The van der Waals surface area contributed by atoms with Crippen LogP contribution in [0.5, 0.6) is 0 Å². The maximum atomic E-state index is 13.6. The van der Waals surface area contributed by atoms with Gasteiger partial charge in [-0.15, -0.1) is 0 Å². The summed E-state index contributed by atoms with van der Waals surface area (Å²) < 4.78 is 15.3. The molecule has 8 nitrogen and oxygen atoms in total. The number of benzene rings is 2. The molecule has 2 aliphatic heterocycles. The molecule has 0 aliphatic carbocycles. The maximum Gasteiger partial charge on any atom is 0.407 e. The molecule has 0 radical (unpaired) electrons. The van der Waals surface area contributed by atoms with Crippen LogP contribution in [0.1, 0.15) is 28.3 Å². The van der Waals surface area contributed by atoms with Gasteiger partial charge in [0.05, 0.1) is 12.6 Å². The zero-order valence-electron chi connectivity index (χ0n) is 21.3. The molecule has 2 heterocycles. The van der Waals surface area contributed by atoms with Crippen LogP contribution < -0.4 is 0 Å². The van der Waals surface area contributed by atoms with E-state index in [0.717, 1.165) is 40.6 Å². The molecule has 0 aromatic heterocycles. The van der Waals surface area contributed by atoms with Gasteiger partial charge in [-0.3, -0.25) is 9.69 Å². The molecule has 0 spiro atoms. The maximum absolute atomic E-state index is 13.6. The zero-order chi connectivity index (χ0) is 27.4. The van der Waals surface area contributed by atoms with Crippen molar-refractivity contribution in [2.45, 2.75) is 24.4 Å². The highest BCUT2D eigenvalue weighted by Crippen LogP contribution is 2.27. The summed E-state index contributed by atoms with van der Waals surface area (Å²) in [6.07, 6.45) is -0.143. The standard InChI is InChI=1S/C27H33Br2FN4O4/c1-31(26(36)20-10-21(28)12-22(29)11-20)13-19(18-2-4-23(30)5-3-18)6-7-32-14-24(15-32)34-9-8-33(27(37)38)16-25(34)17-35/h2-5,10-12,19,24-25,35H,6-9,13-17H2,1H3,(H,37,38). The molecule has 0 bridgehead atoms. The van der Waals surface area contributed by atoms with Crippen LogP contribution in [0.25, 0.3) is 0 Å². The van der Waals surface area contributed by atoms with Gasteiger partial charge in [0, 0.05) is 72.8 Å². The third-order valence-electron chi connectivity index (χ3n) is 7.50. The van der Waals surface area contributed by atoms with Gasteiger partial charge in [-0.25, -0.2) is 9.18 Å². The quantitative estimate of drug-likeness (QED) is 0.426. The molecule has 206 valence electrons. The highest BCUT2D eigenvalue weighted by atomic mass is 79.9. The first-order valence-corrected chi connectivity index (χ1v) is 14.3. The second-order valence-corrected chi connectivity index (χ2v) is 11.9. The molecule has 38 heavy (non-hydrogen) atoms. The number of likely N-dealkylation sites (tertiary alicyclic amines) is 1. The van der Waals surface area contributed by atoms with Gasteiger partial charge in [0.1, 0.15) is 5.82 Å². The predicted molar refractivity (Wildman–Crippen MR) is 150 cm³/mol. The summed E-state index contributed by atoms with van der Waals surface area (Å²) in [5.74, 6) is -0.342. The minimum atomic E-state index is -0.943. The number of aliphatic hydroxyl groups is 1. The Morgan fingerprint density at radius 1 is 1.08 bits per heavy atom. The summed E-state index contributed by atoms with van der Waals surface area (Å²) in [5, 5.41) is 19.1. The van der Waals surface area contributed by atoms with Crippen LogP contribution in [0.3, 0.4) is 0 Å². The molecule has 11 heteroatoms. The number of carboxylic acid groups (broad SMARTS) is 1. The van der Waals surface area contributed by atoms with Crippen molar-refractivity contribution in [1.82, 2.24) is 19.6 Å². The molecule has 0 saturated carbocycles. The van der Waals surface area contributed by atoms with E-state index in [-0.39, 0.29) is 36.3 Å². The number of carbonyl (C=O) groups is 2. The van der Waals surface area contributed by atoms with Crippen LogP contribution in [-0.2, 0) is 0 Å². The summed E-state index contributed by atoms with van der Waals surface area (Å²) in [5.41, 5.74) is 1.57. The Morgan fingerprint density at radius 2 is 1.74 bits per heavy atom. The number of hydrogen-bond donors (Lipinski definition) is 2.